The molecule has 0 atom stereocenters. The Morgan fingerprint density at radius 1 is 1.48 bits per heavy atom. The van der Waals surface area contributed by atoms with Gasteiger partial charge in [0.15, 0.2) is 5.13 Å². The standard InChI is InChI=1S/C14H15ClN2O3S/c1-14(2,12(18)19)11-7-21-13(17-11)16-8-4-5-9(15)10(6-8)20-3/h4-7H,1-3H3,(H,16,17)(H,18,19). The van der Waals surface area contributed by atoms with Gasteiger partial charge in [0.2, 0.25) is 0 Å². The normalized spacial score (nSPS) is 11.2. The molecule has 21 heavy (non-hydrogen) atoms. The zero-order chi connectivity index (χ0) is 15.6. The average Bonchev–Trinajstić information content (AvgIpc) is 2.90. The van der Waals surface area contributed by atoms with E-state index in [1.807, 2.05) is 0 Å². The Labute approximate surface area is 131 Å². The summed E-state index contributed by atoms with van der Waals surface area (Å²) in [6.45, 7) is 3.25. The molecule has 0 aliphatic heterocycles. The Morgan fingerprint density at radius 2 is 2.19 bits per heavy atom. The van der Waals surface area contributed by atoms with Crippen LogP contribution in [-0.2, 0) is 10.2 Å². The van der Waals surface area contributed by atoms with Crippen LogP contribution in [0.4, 0.5) is 10.8 Å². The van der Waals surface area contributed by atoms with Gasteiger partial charge in [-0.2, -0.15) is 0 Å². The number of ether oxygens (including phenoxy) is 1. The van der Waals surface area contributed by atoms with Crippen molar-refractivity contribution in [3.63, 3.8) is 0 Å². The number of anilines is 2. The van der Waals surface area contributed by atoms with Gasteiger partial charge in [-0.25, -0.2) is 4.98 Å². The van der Waals surface area contributed by atoms with Crippen LogP contribution in [0.2, 0.25) is 5.02 Å². The van der Waals surface area contributed by atoms with E-state index in [-0.39, 0.29) is 0 Å². The highest BCUT2D eigenvalue weighted by Crippen LogP contribution is 2.32. The second kappa shape index (κ2) is 5.91. The van der Waals surface area contributed by atoms with E-state index in [1.165, 1.54) is 11.3 Å². The van der Waals surface area contributed by atoms with Crippen molar-refractivity contribution in [2.24, 2.45) is 0 Å². The van der Waals surface area contributed by atoms with Gasteiger partial charge < -0.3 is 15.2 Å². The maximum absolute atomic E-state index is 11.2. The van der Waals surface area contributed by atoms with Crippen LogP contribution in [0, 0.1) is 0 Å². The highest BCUT2D eigenvalue weighted by molar-refractivity contribution is 7.13. The molecule has 0 spiro atoms. The lowest BCUT2D eigenvalue weighted by molar-refractivity contribution is -0.142. The van der Waals surface area contributed by atoms with E-state index < -0.39 is 11.4 Å². The molecule has 5 nitrogen and oxygen atoms in total. The van der Waals surface area contributed by atoms with E-state index in [2.05, 4.69) is 10.3 Å². The molecule has 7 heteroatoms. The molecule has 1 aromatic heterocycles. The SMILES string of the molecule is COc1cc(Nc2nc(C(C)(C)C(=O)O)cs2)ccc1Cl. The molecule has 0 radical (unpaired) electrons. The van der Waals surface area contributed by atoms with Crippen molar-refractivity contribution in [2.45, 2.75) is 19.3 Å². The summed E-state index contributed by atoms with van der Waals surface area (Å²) in [5.41, 5.74) is 0.266. The minimum absolute atomic E-state index is 0.517. The molecule has 0 amide bonds. The van der Waals surface area contributed by atoms with E-state index in [0.717, 1.165) is 5.69 Å². The Bertz CT molecular complexity index is 670. The van der Waals surface area contributed by atoms with Gasteiger partial charge in [-0.05, 0) is 26.0 Å². The summed E-state index contributed by atoms with van der Waals surface area (Å²) >= 11 is 7.31. The number of thiazole rings is 1. The van der Waals surface area contributed by atoms with E-state index in [4.69, 9.17) is 16.3 Å². The Balaban J connectivity index is 2.22. The maximum atomic E-state index is 11.2. The van der Waals surface area contributed by atoms with Crippen LogP contribution >= 0.6 is 22.9 Å². The number of halogens is 1. The van der Waals surface area contributed by atoms with Gasteiger partial charge in [-0.15, -0.1) is 11.3 Å². The molecule has 2 rings (SSSR count). The van der Waals surface area contributed by atoms with Gasteiger partial charge in [0.05, 0.1) is 17.8 Å². The smallest absolute Gasteiger partial charge is 0.315 e. The van der Waals surface area contributed by atoms with Crippen LogP contribution in [-0.4, -0.2) is 23.2 Å². The second-order valence-electron chi connectivity index (χ2n) is 4.94. The lowest BCUT2D eigenvalue weighted by atomic mass is 9.90. The van der Waals surface area contributed by atoms with Gasteiger partial charge >= 0.3 is 5.97 Å². The number of hydrogen-bond acceptors (Lipinski definition) is 5. The zero-order valence-corrected chi connectivity index (χ0v) is 13.4. The highest BCUT2D eigenvalue weighted by atomic mass is 35.5. The van der Waals surface area contributed by atoms with Gasteiger partial charge in [-0.1, -0.05) is 11.6 Å². The van der Waals surface area contributed by atoms with Crippen molar-refractivity contribution in [1.29, 1.82) is 0 Å². The van der Waals surface area contributed by atoms with E-state index in [9.17, 15) is 9.90 Å². The number of nitrogens with zero attached hydrogens (tertiary/aromatic N) is 1. The lowest BCUT2D eigenvalue weighted by Crippen LogP contribution is -2.28. The van der Waals surface area contributed by atoms with E-state index >= 15 is 0 Å². The number of carbonyl (C=O) groups is 1. The molecule has 0 aliphatic rings. The number of rotatable bonds is 5. The number of carboxylic acids is 1. The number of carboxylic acid groups (broad SMARTS) is 1. The summed E-state index contributed by atoms with van der Waals surface area (Å²) < 4.78 is 5.15. The van der Waals surface area contributed by atoms with E-state index in [0.29, 0.717) is 21.6 Å². The minimum Gasteiger partial charge on any atom is -0.495 e. The van der Waals surface area contributed by atoms with Crippen LogP contribution < -0.4 is 10.1 Å². The van der Waals surface area contributed by atoms with Crippen molar-refractivity contribution < 1.29 is 14.6 Å². The first-order valence-corrected chi connectivity index (χ1v) is 7.40. The molecule has 2 N–H and O–H groups in total. The summed E-state index contributed by atoms with van der Waals surface area (Å²) in [4.78, 5) is 15.6. The molecular weight excluding hydrogens is 312 g/mol. The first-order valence-electron chi connectivity index (χ1n) is 6.14. The molecule has 0 aliphatic carbocycles. The van der Waals surface area contributed by atoms with Crippen molar-refractivity contribution in [2.75, 3.05) is 12.4 Å². The third-order valence-electron chi connectivity index (χ3n) is 3.08. The largest absolute Gasteiger partial charge is 0.495 e. The van der Waals surface area contributed by atoms with Crippen molar-refractivity contribution in [1.82, 2.24) is 4.98 Å². The summed E-state index contributed by atoms with van der Waals surface area (Å²) in [5.74, 6) is -0.350. The minimum atomic E-state index is -1.02. The van der Waals surface area contributed by atoms with Gasteiger partial charge in [0, 0.05) is 17.1 Å². The van der Waals surface area contributed by atoms with Crippen molar-refractivity contribution >= 4 is 39.7 Å². The molecule has 1 heterocycles. The Kier molecular flexibility index (Phi) is 4.39. The fraction of sp³-hybridized carbons (Fsp3) is 0.286. The number of hydrogen-bond donors (Lipinski definition) is 2. The molecule has 0 saturated heterocycles. The second-order valence-corrected chi connectivity index (χ2v) is 6.21. The molecular formula is C14H15ClN2O3S. The van der Waals surface area contributed by atoms with Crippen LogP contribution in [0.15, 0.2) is 23.6 Å². The molecule has 1 aromatic carbocycles. The summed E-state index contributed by atoms with van der Waals surface area (Å²) in [5, 5.41) is 15.2. The number of benzene rings is 1. The molecule has 2 aromatic rings. The fourth-order valence-electron chi connectivity index (χ4n) is 1.59. The molecule has 0 fully saturated rings. The number of methoxy groups -OCH3 is 1. The highest BCUT2D eigenvalue weighted by Gasteiger charge is 2.32. The van der Waals surface area contributed by atoms with Crippen molar-refractivity contribution in [3.05, 3.63) is 34.3 Å². The topological polar surface area (TPSA) is 71.5 Å². The third kappa shape index (κ3) is 3.28. The number of aromatic nitrogens is 1. The fourth-order valence-corrected chi connectivity index (χ4v) is 2.68. The first kappa shape index (κ1) is 15.6. The predicted molar refractivity (Wildman–Crippen MR) is 84.1 cm³/mol. The predicted octanol–water partition coefficient (Wildman–Crippen LogP) is 3.91. The summed E-state index contributed by atoms with van der Waals surface area (Å²) in [6, 6.07) is 5.28. The monoisotopic (exact) mass is 326 g/mol. The Morgan fingerprint density at radius 3 is 2.81 bits per heavy atom. The molecule has 0 bridgehead atoms. The summed E-state index contributed by atoms with van der Waals surface area (Å²) in [7, 11) is 1.54. The van der Waals surface area contributed by atoms with Crippen LogP contribution in [0.5, 0.6) is 5.75 Å². The third-order valence-corrected chi connectivity index (χ3v) is 4.15. The first-order chi connectivity index (χ1) is 9.84. The number of nitrogens with one attached hydrogen (secondary N) is 1. The van der Waals surface area contributed by atoms with E-state index in [1.54, 1.807) is 44.5 Å². The van der Waals surface area contributed by atoms with Gasteiger partial charge in [-0.3, -0.25) is 4.79 Å². The molecule has 0 saturated carbocycles. The van der Waals surface area contributed by atoms with Gasteiger partial charge in [0.25, 0.3) is 0 Å². The molecule has 0 unspecified atom stereocenters. The quantitative estimate of drug-likeness (QED) is 0.871. The molecule has 112 valence electrons. The van der Waals surface area contributed by atoms with Gasteiger partial charge in [0.1, 0.15) is 11.2 Å². The maximum Gasteiger partial charge on any atom is 0.315 e. The summed E-state index contributed by atoms with van der Waals surface area (Å²) in [6.07, 6.45) is 0. The zero-order valence-electron chi connectivity index (χ0n) is 11.8. The van der Waals surface area contributed by atoms with Crippen LogP contribution in [0.1, 0.15) is 19.5 Å². The van der Waals surface area contributed by atoms with Crippen LogP contribution in [0.3, 0.4) is 0 Å². The van der Waals surface area contributed by atoms with Crippen molar-refractivity contribution in [3.8, 4) is 5.75 Å². The average molecular weight is 327 g/mol. The number of aliphatic carboxylic acids is 1. The van der Waals surface area contributed by atoms with Crippen LogP contribution in [0.25, 0.3) is 0 Å². The Hall–Kier alpha value is -1.79. The lowest BCUT2D eigenvalue weighted by Gasteiger charge is -2.15.